The van der Waals surface area contributed by atoms with Crippen LogP contribution in [0.3, 0.4) is 0 Å². The molecule has 1 heterocycles. The van der Waals surface area contributed by atoms with Gasteiger partial charge in [0.15, 0.2) is 6.23 Å². The highest BCUT2D eigenvalue weighted by molar-refractivity contribution is 9.09. The van der Waals surface area contributed by atoms with Crippen LogP contribution in [0.2, 0.25) is 0 Å². The van der Waals surface area contributed by atoms with Crippen LogP contribution in [-0.2, 0) is 4.74 Å². The molecule has 0 radical (unpaired) electrons. The molecule has 0 aromatic heterocycles. The normalized spacial score (nSPS) is 20.4. The van der Waals surface area contributed by atoms with Gasteiger partial charge in [0, 0.05) is 35.1 Å². The van der Waals surface area contributed by atoms with Crippen LogP contribution in [0, 0.1) is 5.92 Å². The van der Waals surface area contributed by atoms with E-state index in [-0.39, 0.29) is 6.23 Å². The summed E-state index contributed by atoms with van der Waals surface area (Å²) in [5, 5.41) is 0. The lowest BCUT2D eigenvalue weighted by Crippen LogP contribution is -2.39. The van der Waals surface area contributed by atoms with E-state index in [0.717, 1.165) is 31.5 Å². The molecule has 5 heteroatoms. The van der Waals surface area contributed by atoms with Gasteiger partial charge in [-0.05, 0) is 18.8 Å². The van der Waals surface area contributed by atoms with E-state index in [2.05, 4.69) is 27.8 Å². The topological polar surface area (TPSA) is 29.5 Å². The standard InChI is InChI=1S/C15H19BrClNO2/c1-11(16)12-7-9-18(10-8-12)14(20-15(17)19)13-5-3-2-4-6-13/h2-6,11-12,14H,7-10H2,1H3. The summed E-state index contributed by atoms with van der Waals surface area (Å²) in [4.78, 5) is 13.9. The molecule has 1 saturated heterocycles. The van der Waals surface area contributed by atoms with Crippen LogP contribution in [0.5, 0.6) is 0 Å². The number of alkyl halides is 1. The van der Waals surface area contributed by atoms with Gasteiger partial charge in [0.05, 0.1) is 0 Å². The van der Waals surface area contributed by atoms with Crippen molar-refractivity contribution in [3.63, 3.8) is 0 Å². The third-order valence-electron chi connectivity index (χ3n) is 3.84. The lowest BCUT2D eigenvalue weighted by atomic mass is 9.94. The third kappa shape index (κ3) is 4.21. The predicted octanol–water partition coefficient (Wildman–Crippen LogP) is 4.56. The zero-order chi connectivity index (χ0) is 14.5. The van der Waals surface area contributed by atoms with Gasteiger partial charge >= 0.3 is 5.43 Å². The lowest BCUT2D eigenvalue weighted by molar-refractivity contribution is -0.0224. The van der Waals surface area contributed by atoms with E-state index >= 15 is 0 Å². The summed E-state index contributed by atoms with van der Waals surface area (Å²) in [5.74, 6) is 0.675. The van der Waals surface area contributed by atoms with Crippen molar-refractivity contribution in [3.05, 3.63) is 35.9 Å². The van der Waals surface area contributed by atoms with Crippen LogP contribution in [0.4, 0.5) is 4.79 Å². The Kier molecular flexibility index (Phi) is 5.87. The first-order valence-electron chi connectivity index (χ1n) is 6.87. The van der Waals surface area contributed by atoms with Gasteiger partial charge in [0.2, 0.25) is 0 Å². The van der Waals surface area contributed by atoms with Crippen molar-refractivity contribution in [2.45, 2.75) is 30.8 Å². The van der Waals surface area contributed by atoms with Crippen molar-refractivity contribution < 1.29 is 9.53 Å². The second kappa shape index (κ2) is 7.43. The predicted molar refractivity (Wildman–Crippen MR) is 84.2 cm³/mol. The smallest absolute Gasteiger partial charge is 0.405 e. The van der Waals surface area contributed by atoms with Crippen molar-refractivity contribution in [2.24, 2.45) is 5.92 Å². The second-order valence-electron chi connectivity index (χ2n) is 5.17. The van der Waals surface area contributed by atoms with Crippen LogP contribution in [0.1, 0.15) is 31.6 Å². The van der Waals surface area contributed by atoms with E-state index in [1.54, 1.807) is 0 Å². The van der Waals surface area contributed by atoms with Gasteiger partial charge < -0.3 is 4.74 Å². The largest absolute Gasteiger partial charge is 0.430 e. The molecule has 1 aliphatic heterocycles. The number of ether oxygens (including phenoxy) is 1. The van der Waals surface area contributed by atoms with Crippen LogP contribution in [0.15, 0.2) is 30.3 Å². The molecule has 2 atom stereocenters. The van der Waals surface area contributed by atoms with E-state index in [1.165, 1.54) is 0 Å². The molecule has 1 fully saturated rings. The molecular formula is C15H19BrClNO2. The minimum Gasteiger partial charge on any atom is -0.430 e. The van der Waals surface area contributed by atoms with Crippen molar-refractivity contribution in [1.29, 1.82) is 0 Å². The second-order valence-corrected chi connectivity index (χ2v) is 6.92. The monoisotopic (exact) mass is 359 g/mol. The number of likely N-dealkylation sites (tertiary alicyclic amines) is 1. The fourth-order valence-electron chi connectivity index (χ4n) is 2.67. The van der Waals surface area contributed by atoms with Gasteiger partial charge in [-0.2, -0.15) is 0 Å². The van der Waals surface area contributed by atoms with Crippen molar-refractivity contribution in [3.8, 4) is 0 Å². The maximum absolute atomic E-state index is 11.2. The molecule has 1 aliphatic rings. The summed E-state index contributed by atoms with van der Waals surface area (Å²) in [7, 11) is 0. The Morgan fingerprint density at radius 2 is 1.95 bits per heavy atom. The maximum Gasteiger partial charge on any atom is 0.405 e. The summed E-state index contributed by atoms with van der Waals surface area (Å²) < 4.78 is 5.31. The Labute approximate surface area is 133 Å². The Bertz CT molecular complexity index is 433. The first-order valence-corrected chi connectivity index (χ1v) is 8.16. The number of hydrogen-bond acceptors (Lipinski definition) is 3. The summed E-state index contributed by atoms with van der Waals surface area (Å²) >= 11 is 9.08. The Balaban J connectivity index is 2.07. The average molecular weight is 361 g/mol. The molecular weight excluding hydrogens is 342 g/mol. The number of nitrogens with zero attached hydrogens (tertiary/aromatic N) is 1. The van der Waals surface area contributed by atoms with Gasteiger partial charge in [0.25, 0.3) is 0 Å². The van der Waals surface area contributed by atoms with E-state index < -0.39 is 5.43 Å². The number of hydrogen-bond donors (Lipinski definition) is 0. The van der Waals surface area contributed by atoms with Gasteiger partial charge in [0.1, 0.15) is 0 Å². The molecule has 0 aliphatic carbocycles. The van der Waals surface area contributed by atoms with Crippen LogP contribution in [0.25, 0.3) is 0 Å². The van der Waals surface area contributed by atoms with Crippen LogP contribution < -0.4 is 0 Å². The average Bonchev–Trinajstić information content (AvgIpc) is 2.45. The van der Waals surface area contributed by atoms with Gasteiger partial charge in [-0.3, -0.25) is 4.90 Å². The number of carbonyl (C=O) groups is 1. The number of benzene rings is 1. The van der Waals surface area contributed by atoms with Gasteiger partial charge in [-0.1, -0.05) is 53.2 Å². The SMILES string of the molecule is CC(Br)C1CCN(C(OC(=O)Cl)c2ccccc2)CC1. The number of halogens is 2. The zero-order valence-corrected chi connectivity index (χ0v) is 13.8. The fourth-order valence-corrected chi connectivity index (χ4v) is 3.29. The zero-order valence-electron chi connectivity index (χ0n) is 11.5. The van der Waals surface area contributed by atoms with E-state index in [1.807, 2.05) is 30.3 Å². The highest BCUT2D eigenvalue weighted by atomic mass is 79.9. The third-order valence-corrected chi connectivity index (χ3v) is 4.68. The van der Waals surface area contributed by atoms with Crippen molar-refractivity contribution >= 4 is 33.0 Å². The first-order chi connectivity index (χ1) is 9.58. The van der Waals surface area contributed by atoms with Crippen LogP contribution in [-0.4, -0.2) is 28.2 Å². The molecule has 0 N–H and O–H groups in total. The molecule has 0 bridgehead atoms. The molecule has 0 saturated carbocycles. The Morgan fingerprint density at radius 1 is 1.35 bits per heavy atom. The molecule has 1 aromatic rings. The highest BCUT2D eigenvalue weighted by Crippen LogP contribution is 2.31. The highest BCUT2D eigenvalue weighted by Gasteiger charge is 2.29. The number of piperidine rings is 1. The van der Waals surface area contributed by atoms with E-state index in [4.69, 9.17) is 16.3 Å². The van der Waals surface area contributed by atoms with Crippen molar-refractivity contribution in [2.75, 3.05) is 13.1 Å². The molecule has 2 unspecified atom stereocenters. The molecule has 3 nitrogen and oxygen atoms in total. The van der Waals surface area contributed by atoms with Gasteiger partial charge in [-0.15, -0.1) is 0 Å². The molecule has 1 aromatic carbocycles. The van der Waals surface area contributed by atoms with Crippen LogP contribution >= 0.6 is 27.5 Å². The molecule has 20 heavy (non-hydrogen) atoms. The quantitative estimate of drug-likeness (QED) is 0.582. The van der Waals surface area contributed by atoms with E-state index in [9.17, 15) is 4.79 Å². The molecule has 0 amide bonds. The number of rotatable bonds is 4. The van der Waals surface area contributed by atoms with Gasteiger partial charge in [-0.25, -0.2) is 4.79 Å². The van der Waals surface area contributed by atoms with Crippen molar-refractivity contribution in [1.82, 2.24) is 4.90 Å². The summed E-state index contributed by atoms with van der Waals surface area (Å²) in [5.41, 5.74) is 0.210. The minimum atomic E-state index is -0.755. The lowest BCUT2D eigenvalue weighted by Gasteiger charge is -2.37. The summed E-state index contributed by atoms with van der Waals surface area (Å²) in [6.45, 7) is 4.00. The molecule has 110 valence electrons. The summed E-state index contributed by atoms with van der Waals surface area (Å²) in [6.07, 6.45) is 1.80. The molecule has 2 rings (SSSR count). The first kappa shape index (κ1) is 15.8. The van der Waals surface area contributed by atoms with E-state index in [0.29, 0.717) is 10.7 Å². The minimum absolute atomic E-state index is 0.382. The number of carbonyl (C=O) groups excluding carboxylic acids is 1. The Hall–Kier alpha value is -0.580. The molecule has 0 spiro atoms. The Morgan fingerprint density at radius 3 is 2.45 bits per heavy atom. The maximum atomic E-state index is 11.2. The summed E-state index contributed by atoms with van der Waals surface area (Å²) in [6, 6.07) is 9.75. The fraction of sp³-hybridized carbons (Fsp3) is 0.533.